The van der Waals surface area contributed by atoms with Gasteiger partial charge in [0, 0.05) is 11.8 Å². The van der Waals surface area contributed by atoms with E-state index in [4.69, 9.17) is 4.74 Å². The van der Waals surface area contributed by atoms with Crippen molar-refractivity contribution < 1.29 is 17.9 Å². The summed E-state index contributed by atoms with van der Waals surface area (Å²) in [6.07, 6.45) is 3.54. The van der Waals surface area contributed by atoms with Crippen LogP contribution in [0.5, 0.6) is 5.75 Å². The van der Waals surface area contributed by atoms with Gasteiger partial charge in [-0.1, -0.05) is 48.6 Å². The largest absolute Gasteiger partial charge is 0.489 e. The van der Waals surface area contributed by atoms with Gasteiger partial charge in [0.2, 0.25) is 0 Å². The van der Waals surface area contributed by atoms with Gasteiger partial charge in [-0.05, 0) is 42.7 Å². The highest BCUT2D eigenvalue weighted by Gasteiger charge is 2.35. The van der Waals surface area contributed by atoms with Gasteiger partial charge in [0.15, 0.2) is 0 Å². The van der Waals surface area contributed by atoms with Crippen LogP contribution in [0.15, 0.2) is 73.3 Å². The average Bonchev–Trinajstić information content (AvgIpc) is 3.02. The molecule has 136 valence electrons. The Morgan fingerprint density at radius 2 is 1.58 bits per heavy atom. The fraction of sp³-hybridized carbons (Fsp3) is 0.273. The van der Waals surface area contributed by atoms with E-state index in [2.05, 4.69) is 18.7 Å². The van der Waals surface area contributed by atoms with Gasteiger partial charge in [-0.15, -0.1) is 6.58 Å². The minimum absolute atomic E-state index is 0.121. The molecule has 0 heterocycles. The lowest BCUT2D eigenvalue weighted by atomic mass is 9.99. The number of hydrogen-bond donors (Lipinski definition) is 0. The molecule has 2 aromatic carbocycles. The van der Waals surface area contributed by atoms with Crippen LogP contribution in [0.3, 0.4) is 0 Å². The van der Waals surface area contributed by atoms with Crippen LogP contribution in [0.25, 0.3) is 6.08 Å². The molecule has 3 atom stereocenters. The summed E-state index contributed by atoms with van der Waals surface area (Å²) in [4.78, 5) is 0. The minimum Gasteiger partial charge on any atom is -0.489 e. The van der Waals surface area contributed by atoms with Gasteiger partial charge in [0.1, 0.15) is 11.9 Å². The molecule has 3 rings (SSSR count). The molecule has 0 amide bonds. The summed E-state index contributed by atoms with van der Waals surface area (Å²) in [6.45, 7) is 3.88. The van der Waals surface area contributed by atoms with E-state index in [0.29, 0.717) is 5.75 Å². The molecule has 1 nitrogen and oxygen atoms in total. The molecule has 0 bridgehead atoms. The first kappa shape index (κ1) is 18.3. The molecule has 0 N–H and O–H groups in total. The van der Waals surface area contributed by atoms with Crippen molar-refractivity contribution in [1.82, 2.24) is 0 Å². The zero-order valence-corrected chi connectivity index (χ0v) is 14.3. The Kier molecular flexibility index (Phi) is 5.50. The van der Waals surface area contributed by atoms with Gasteiger partial charge in [0.05, 0.1) is 5.56 Å². The van der Waals surface area contributed by atoms with E-state index in [1.807, 2.05) is 36.4 Å². The summed E-state index contributed by atoms with van der Waals surface area (Å²) >= 11 is 0. The van der Waals surface area contributed by atoms with Gasteiger partial charge >= 0.3 is 6.18 Å². The molecule has 0 aromatic heterocycles. The molecule has 1 fully saturated rings. The van der Waals surface area contributed by atoms with E-state index in [1.54, 1.807) is 0 Å². The number of alkyl halides is 3. The predicted molar refractivity (Wildman–Crippen MR) is 97.7 cm³/mol. The zero-order valence-electron chi connectivity index (χ0n) is 14.3. The van der Waals surface area contributed by atoms with Crippen LogP contribution in [0.4, 0.5) is 13.2 Å². The fourth-order valence-corrected chi connectivity index (χ4v) is 3.34. The second kappa shape index (κ2) is 7.81. The number of hydrogen-bond acceptors (Lipinski definition) is 1. The van der Waals surface area contributed by atoms with Gasteiger partial charge in [-0.2, -0.15) is 13.2 Å². The van der Waals surface area contributed by atoms with Crippen molar-refractivity contribution in [2.75, 3.05) is 0 Å². The van der Waals surface area contributed by atoms with Crippen molar-refractivity contribution in [3.05, 3.63) is 84.5 Å². The number of rotatable bonds is 5. The maximum atomic E-state index is 12.7. The normalized spacial score (nSPS) is 23.3. The van der Waals surface area contributed by atoms with Gasteiger partial charge in [-0.25, -0.2) is 0 Å². The summed E-state index contributed by atoms with van der Waals surface area (Å²) in [6, 6.07) is 14.9. The Labute approximate surface area is 151 Å². The second-order valence-corrected chi connectivity index (χ2v) is 6.52. The third-order valence-electron chi connectivity index (χ3n) is 4.77. The van der Waals surface area contributed by atoms with Crippen molar-refractivity contribution in [3.63, 3.8) is 0 Å². The number of halogens is 3. The first-order valence-corrected chi connectivity index (χ1v) is 8.67. The molecular weight excluding hydrogens is 337 g/mol. The predicted octanol–water partition coefficient (Wildman–Crippen LogP) is 6.38. The standard InChI is InChI=1S/C22H21F3O/c1-2-17-10-11-18(9-8-16-6-4-3-5-7-16)21(17)26-20-14-12-19(13-15-20)22(23,24)25/h2-9,12-15,17-18,21H,1,10-11H2/b9-8+/t17-,18+,21-/m0/s1. The quantitative estimate of drug-likeness (QED) is 0.564. The second-order valence-electron chi connectivity index (χ2n) is 6.52. The van der Waals surface area contributed by atoms with Crippen molar-refractivity contribution in [2.24, 2.45) is 11.8 Å². The number of ether oxygens (including phenoxy) is 1. The highest BCUT2D eigenvalue weighted by molar-refractivity contribution is 5.49. The summed E-state index contributed by atoms with van der Waals surface area (Å²) in [5, 5.41) is 0. The zero-order chi connectivity index (χ0) is 18.6. The Balaban J connectivity index is 1.74. The molecule has 2 aromatic rings. The Morgan fingerprint density at radius 1 is 0.923 bits per heavy atom. The molecule has 1 saturated carbocycles. The summed E-state index contributed by atoms with van der Waals surface area (Å²) in [5.74, 6) is 0.832. The molecule has 0 aliphatic heterocycles. The van der Waals surface area contributed by atoms with E-state index in [9.17, 15) is 13.2 Å². The maximum Gasteiger partial charge on any atom is 0.416 e. The molecule has 4 heteroatoms. The average molecular weight is 358 g/mol. The monoisotopic (exact) mass is 358 g/mol. The highest BCUT2D eigenvalue weighted by atomic mass is 19.4. The lowest BCUT2D eigenvalue weighted by Crippen LogP contribution is -2.26. The molecule has 0 spiro atoms. The van der Waals surface area contributed by atoms with Crippen molar-refractivity contribution in [3.8, 4) is 5.75 Å². The van der Waals surface area contributed by atoms with Gasteiger partial charge in [0.25, 0.3) is 0 Å². The van der Waals surface area contributed by atoms with Crippen molar-refractivity contribution >= 4 is 6.08 Å². The van der Waals surface area contributed by atoms with Crippen LogP contribution in [0.1, 0.15) is 24.0 Å². The third-order valence-corrected chi connectivity index (χ3v) is 4.77. The summed E-state index contributed by atoms with van der Waals surface area (Å²) in [5.41, 5.74) is 0.444. The molecule has 0 unspecified atom stereocenters. The van der Waals surface area contributed by atoms with Crippen LogP contribution in [-0.2, 0) is 6.18 Å². The fourth-order valence-electron chi connectivity index (χ4n) is 3.34. The van der Waals surface area contributed by atoms with Crippen LogP contribution < -0.4 is 4.74 Å². The summed E-state index contributed by atoms with van der Waals surface area (Å²) < 4.78 is 44.2. The molecule has 0 saturated heterocycles. The lowest BCUT2D eigenvalue weighted by molar-refractivity contribution is -0.137. The van der Waals surface area contributed by atoms with Gasteiger partial charge in [-0.3, -0.25) is 0 Å². The van der Waals surface area contributed by atoms with E-state index >= 15 is 0 Å². The van der Waals surface area contributed by atoms with Crippen molar-refractivity contribution in [1.29, 1.82) is 0 Å². The Morgan fingerprint density at radius 3 is 2.19 bits per heavy atom. The Hall–Kier alpha value is -2.49. The highest BCUT2D eigenvalue weighted by Crippen LogP contribution is 2.37. The van der Waals surface area contributed by atoms with E-state index in [-0.39, 0.29) is 17.9 Å². The van der Waals surface area contributed by atoms with Crippen LogP contribution in [0, 0.1) is 11.8 Å². The topological polar surface area (TPSA) is 9.23 Å². The van der Waals surface area contributed by atoms with Crippen LogP contribution in [0.2, 0.25) is 0 Å². The minimum atomic E-state index is -4.34. The third kappa shape index (κ3) is 4.37. The lowest BCUT2D eigenvalue weighted by Gasteiger charge is -2.23. The van der Waals surface area contributed by atoms with Crippen LogP contribution in [-0.4, -0.2) is 6.10 Å². The first-order valence-electron chi connectivity index (χ1n) is 8.67. The Bertz CT molecular complexity index is 747. The van der Waals surface area contributed by atoms with E-state index in [0.717, 1.165) is 30.5 Å². The first-order chi connectivity index (χ1) is 12.5. The molecule has 0 radical (unpaired) electrons. The van der Waals surface area contributed by atoms with Gasteiger partial charge < -0.3 is 4.74 Å². The number of benzene rings is 2. The van der Waals surface area contributed by atoms with Crippen LogP contribution >= 0.6 is 0 Å². The van der Waals surface area contributed by atoms with Crippen molar-refractivity contribution in [2.45, 2.75) is 25.1 Å². The van der Waals surface area contributed by atoms with E-state index < -0.39 is 11.7 Å². The molecule has 26 heavy (non-hydrogen) atoms. The smallest absolute Gasteiger partial charge is 0.416 e. The SMILES string of the molecule is C=C[C@H]1CC[C@@H](/C=C/c2ccccc2)[C@H]1Oc1ccc(C(F)(F)F)cc1. The molecule has 1 aliphatic carbocycles. The van der Waals surface area contributed by atoms with E-state index in [1.165, 1.54) is 12.1 Å². The molecular formula is C22H21F3O. The molecule has 1 aliphatic rings. The maximum absolute atomic E-state index is 12.7. The summed E-state index contributed by atoms with van der Waals surface area (Å²) in [7, 11) is 0.